The van der Waals surface area contributed by atoms with Gasteiger partial charge in [0.15, 0.2) is 22.8 Å². The molecule has 0 aliphatic carbocycles. The third-order valence-electron chi connectivity index (χ3n) is 9.99. The van der Waals surface area contributed by atoms with Gasteiger partial charge in [-0.3, -0.25) is 32.5 Å². The highest BCUT2D eigenvalue weighted by Gasteiger charge is 2.50. The molecule has 0 aromatic carbocycles. The Morgan fingerprint density at radius 1 is 0.884 bits per heavy atom. The summed E-state index contributed by atoms with van der Waals surface area (Å²) in [5.41, 5.74) is 4.28. The fraction of sp³-hybridized carbons (Fsp3) is 0.610. The fourth-order valence-electron chi connectivity index (χ4n) is 6.35. The summed E-state index contributed by atoms with van der Waals surface area (Å²) in [7, 11) is -16.4. The lowest BCUT2D eigenvalue weighted by Crippen LogP contribution is -2.46. The van der Waals surface area contributed by atoms with Gasteiger partial charge in [0.25, 0.3) is 0 Å². The Hall–Kier alpha value is -3.48. The number of phosphoric ester groups is 3. The van der Waals surface area contributed by atoms with Gasteiger partial charge < -0.3 is 50.9 Å². The lowest BCUT2D eigenvalue weighted by Gasteiger charge is -2.30. The Labute approximate surface area is 405 Å². The summed E-state index contributed by atoms with van der Waals surface area (Å²) < 4.78 is 62.4. The van der Waals surface area contributed by atoms with E-state index in [4.69, 9.17) is 19.5 Å². The number of imidazole rings is 1. The summed E-state index contributed by atoms with van der Waals surface area (Å²) in [4.78, 5) is 88.4. The van der Waals surface area contributed by atoms with E-state index in [1.807, 2.05) is 0 Å². The number of allylic oxidation sites excluding steroid dienone is 8. The Kier molecular flexibility index (Phi) is 25.8. The van der Waals surface area contributed by atoms with E-state index < -0.39 is 84.6 Å². The molecule has 0 radical (unpaired) electrons. The van der Waals surface area contributed by atoms with E-state index in [2.05, 4.69) is 90.0 Å². The minimum absolute atomic E-state index is 0.0310. The van der Waals surface area contributed by atoms with Crippen LogP contribution in [0.5, 0.6) is 0 Å². The molecule has 0 bridgehead atoms. The van der Waals surface area contributed by atoms with Crippen LogP contribution in [0.15, 0.2) is 61.3 Å². The average molecular weight is 1050 g/mol. The largest absolute Gasteiger partial charge is 0.481 e. The van der Waals surface area contributed by atoms with Crippen LogP contribution in [0.25, 0.3) is 11.2 Å². The van der Waals surface area contributed by atoms with Crippen molar-refractivity contribution in [2.75, 3.05) is 37.8 Å². The lowest BCUT2D eigenvalue weighted by atomic mass is 9.87. The number of nitrogens with zero attached hydrogens (tertiary/aromatic N) is 4. The predicted octanol–water partition coefficient (Wildman–Crippen LogP) is 4.81. The molecule has 0 spiro atoms. The summed E-state index contributed by atoms with van der Waals surface area (Å²) in [6.07, 6.45) is 19.6. The summed E-state index contributed by atoms with van der Waals surface area (Å²) in [5, 5.41) is 26.6. The Bertz CT molecular complexity index is 2220. The number of ether oxygens (including phenoxy) is 1. The van der Waals surface area contributed by atoms with Crippen LogP contribution in [-0.4, -0.2) is 123 Å². The van der Waals surface area contributed by atoms with Crippen molar-refractivity contribution < 1.29 is 80.5 Å². The van der Waals surface area contributed by atoms with Gasteiger partial charge in [-0.05, 0) is 44.9 Å². The molecule has 7 atom stereocenters. The van der Waals surface area contributed by atoms with Crippen LogP contribution in [0.2, 0.25) is 0 Å². The number of nitrogens with two attached hydrogens (primary N) is 1. The Balaban J connectivity index is 1.29. The van der Waals surface area contributed by atoms with E-state index in [1.165, 1.54) is 13.8 Å². The van der Waals surface area contributed by atoms with Crippen molar-refractivity contribution in [3.63, 3.8) is 0 Å². The van der Waals surface area contributed by atoms with Crippen LogP contribution in [0.3, 0.4) is 0 Å². The molecule has 3 heterocycles. The highest BCUT2D eigenvalue weighted by atomic mass is 32.2. The van der Waals surface area contributed by atoms with Gasteiger partial charge in [-0.15, -0.1) is 0 Å². The van der Waals surface area contributed by atoms with E-state index in [1.54, 1.807) is 0 Å². The molecular formula is C41H66N7O17P3S. The standard InChI is InChI=1S/C41H66N7O17P3S/c1-4-5-6-7-8-9-10-11-12-13-14-15-16-17-18-19-20-21-32(50)69-25-24-43-31(49)22-23-44-39(53)36(52)41(2,3)27-62-68(59,60)65-67(57,58)61-26-30-35(64-66(54,55)56)34(51)40(63-30)48-29-47-33-37(42)45-28-46-38(33)48/h5-6,8-9,11-12,14-15,28-30,34-36,40,51-52H,4,7,10,13,16-27H2,1-3H3,(H,43,49)(H,44,53)(H,57,58)(H,59,60)(H2,42,45,46)(H2,54,55,56). The van der Waals surface area contributed by atoms with Gasteiger partial charge in [0.1, 0.15) is 36.3 Å². The molecule has 388 valence electrons. The number of aromatic nitrogens is 4. The van der Waals surface area contributed by atoms with Crippen molar-refractivity contribution >= 4 is 69.1 Å². The second-order valence-electron chi connectivity index (χ2n) is 16.2. The molecule has 1 aliphatic rings. The first-order chi connectivity index (χ1) is 32.6. The van der Waals surface area contributed by atoms with Gasteiger partial charge >= 0.3 is 23.5 Å². The second kappa shape index (κ2) is 29.8. The number of rotatable bonds is 33. The minimum Gasteiger partial charge on any atom is -0.386 e. The third kappa shape index (κ3) is 22.6. The highest BCUT2D eigenvalue weighted by molar-refractivity contribution is 8.13. The summed E-state index contributed by atoms with van der Waals surface area (Å²) in [6.45, 7) is 2.65. The van der Waals surface area contributed by atoms with Gasteiger partial charge in [0, 0.05) is 37.1 Å². The normalized spacial score (nSPS) is 20.3. The minimum atomic E-state index is -5.58. The number of fused-ring (bicyclic) bond motifs is 1. The van der Waals surface area contributed by atoms with Crippen LogP contribution >= 0.6 is 35.2 Å². The van der Waals surface area contributed by atoms with Crippen molar-refractivity contribution in [3.05, 3.63) is 61.3 Å². The van der Waals surface area contributed by atoms with Crippen molar-refractivity contribution in [2.45, 2.75) is 122 Å². The Morgan fingerprint density at radius 2 is 1.52 bits per heavy atom. The van der Waals surface area contributed by atoms with Crippen LogP contribution in [-0.2, 0) is 50.7 Å². The smallest absolute Gasteiger partial charge is 0.386 e. The first kappa shape index (κ1) is 59.8. The van der Waals surface area contributed by atoms with E-state index in [0.29, 0.717) is 12.2 Å². The number of unbranched alkanes of at least 4 members (excludes halogenated alkanes) is 4. The molecule has 10 N–H and O–H groups in total. The molecule has 28 heteroatoms. The SMILES string of the molecule is CCC=CCC=CCC=CCC=CCCCCCCC(=O)SCCNC(=O)CCNC(=O)C(O)C(C)(C)COP(=O)(O)OP(=O)(O)OCC1OC(n2cnc3c(N)ncnc32)C(O)C1OP(=O)(O)O. The molecule has 2 aromatic heterocycles. The molecule has 1 aliphatic heterocycles. The number of anilines is 1. The maximum absolute atomic E-state index is 12.7. The van der Waals surface area contributed by atoms with Crippen molar-refractivity contribution in [2.24, 2.45) is 5.41 Å². The number of thioether (sulfide) groups is 1. The molecule has 69 heavy (non-hydrogen) atoms. The summed E-state index contributed by atoms with van der Waals surface area (Å²) in [5.74, 6) is -1.06. The van der Waals surface area contributed by atoms with Crippen LogP contribution in [0.1, 0.15) is 97.6 Å². The number of phosphoric acid groups is 3. The summed E-state index contributed by atoms with van der Waals surface area (Å²) in [6, 6.07) is 0. The second-order valence-corrected chi connectivity index (χ2v) is 21.6. The van der Waals surface area contributed by atoms with E-state index in [0.717, 1.165) is 86.8 Å². The zero-order valence-electron chi connectivity index (χ0n) is 38.8. The van der Waals surface area contributed by atoms with E-state index in [9.17, 15) is 57.9 Å². The van der Waals surface area contributed by atoms with Crippen molar-refractivity contribution in [1.82, 2.24) is 30.2 Å². The molecular weight excluding hydrogens is 987 g/mol. The number of aliphatic hydroxyl groups is 2. The molecule has 2 aromatic rings. The number of amides is 2. The maximum Gasteiger partial charge on any atom is 0.481 e. The molecule has 0 saturated carbocycles. The zero-order chi connectivity index (χ0) is 51.1. The molecule has 7 unspecified atom stereocenters. The lowest BCUT2D eigenvalue weighted by molar-refractivity contribution is -0.137. The van der Waals surface area contributed by atoms with E-state index >= 15 is 0 Å². The first-order valence-electron chi connectivity index (χ1n) is 22.2. The highest BCUT2D eigenvalue weighted by Crippen LogP contribution is 2.61. The topological polar surface area (TPSA) is 364 Å². The Morgan fingerprint density at radius 3 is 2.19 bits per heavy atom. The first-order valence-corrected chi connectivity index (χ1v) is 27.7. The average Bonchev–Trinajstić information content (AvgIpc) is 3.84. The van der Waals surface area contributed by atoms with Crippen LogP contribution in [0, 0.1) is 5.41 Å². The molecule has 1 saturated heterocycles. The number of carbonyl (C=O) groups is 3. The number of nitrogen functional groups attached to an aromatic ring is 1. The number of hydrogen-bond donors (Lipinski definition) is 9. The van der Waals surface area contributed by atoms with Crippen LogP contribution in [0.4, 0.5) is 5.82 Å². The quantitative estimate of drug-likeness (QED) is 0.0263. The van der Waals surface area contributed by atoms with Crippen LogP contribution < -0.4 is 16.4 Å². The monoisotopic (exact) mass is 1050 g/mol. The molecule has 1 fully saturated rings. The van der Waals surface area contributed by atoms with Gasteiger partial charge in [-0.2, -0.15) is 4.31 Å². The molecule has 24 nitrogen and oxygen atoms in total. The number of nitrogens with one attached hydrogen (secondary N) is 2. The van der Waals surface area contributed by atoms with Crippen molar-refractivity contribution in [3.8, 4) is 0 Å². The van der Waals surface area contributed by atoms with Gasteiger partial charge in [-0.1, -0.05) is 94.0 Å². The van der Waals surface area contributed by atoms with Gasteiger partial charge in [0.05, 0.1) is 19.5 Å². The van der Waals surface area contributed by atoms with Crippen molar-refractivity contribution in [1.29, 1.82) is 0 Å². The number of carbonyl (C=O) groups excluding carboxylic acids is 3. The number of hydrogen-bond acceptors (Lipinski definition) is 18. The van der Waals surface area contributed by atoms with Gasteiger partial charge in [0.2, 0.25) is 11.8 Å². The van der Waals surface area contributed by atoms with E-state index in [-0.39, 0.29) is 41.6 Å². The summed E-state index contributed by atoms with van der Waals surface area (Å²) >= 11 is 1.13. The fourth-order valence-corrected chi connectivity index (χ4v) is 9.90. The van der Waals surface area contributed by atoms with Gasteiger partial charge in [-0.25, -0.2) is 28.6 Å². The molecule has 2 amide bonds. The third-order valence-corrected chi connectivity index (χ3v) is 14.0. The predicted molar refractivity (Wildman–Crippen MR) is 256 cm³/mol. The molecule has 3 rings (SSSR count). The maximum atomic E-state index is 12.7. The zero-order valence-corrected chi connectivity index (χ0v) is 42.3. The number of aliphatic hydroxyl groups excluding tert-OH is 2.